The van der Waals surface area contributed by atoms with Gasteiger partial charge in [-0.1, -0.05) is 17.7 Å². The molecule has 28 heavy (non-hydrogen) atoms. The minimum absolute atomic E-state index is 0.00439. The third-order valence-corrected chi connectivity index (χ3v) is 5.92. The Hall–Kier alpha value is -2.44. The van der Waals surface area contributed by atoms with Crippen molar-refractivity contribution in [3.05, 3.63) is 52.3 Å². The van der Waals surface area contributed by atoms with Crippen molar-refractivity contribution in [1.29, 1.82) is 0 Å². The fourth-order valence-electron chi connectivity index (χ4n) is 3.88. The predicted octanol–water partition coefficient (Wildman–Crippen LogP) is 3.74. The third-order valence-electron chi connectivity index (χ3n) is 5.60. The molecule has 146 valence electrons. The Labute approximate surface area is 169 Å². The number of benzene rings is 1. The van der Waals surface area contributed by atoms with Crippen LogP contribution in [0.1, 0.15) is 32.7 Å². The summed E-state index contributed by atoms with van der Waals surface area (Å²) in [5.41, 5.74) is 8.69. The number of pyridine rings is 1. The number of aromatic nitrogens is 3. The van der Waals surface area contributed by atoms with Crippen LogP contribution in [0, 0.1) is 0 Å². The highest BCUT2D eigenvalue weighted by Gasteiger charge is 2.23. The fourth-order valence-corrected chi connectivity index (χ4v) is 3.98. The van der Waals surface area contributed by atoms with E-state index in [0.29, 0.717) is 22.6 Å². The lowest BCUT2D eigenvalue weighted by atomic mass is 10.0. The second kappa shape index (κ2) is 7.53. The van der Waals surface area contributed by atoms with Gasteiger partial charge in [-0.15, -0.1) is 0 Å². The van der Waals surface area contributed by atoms with E-state index in [1.165, 1.54) is 0 Å². The summed E-state index contributed by atoms with van der Waals surface area (Å²) in [6.45, 7) is 6.43. The largest absolute Gasteiger partial charge is 0.396 e. The number of hydrogen-bond acceptors (Lipinski definition) is 5. The molecule has 1 saturated heterocycles. The molecule has 3 aromatic rings. The molecule has 4 rings (SSSR count). The zero-order valence-electron chi connectivity index (χ0n) is 16.1. The predicted molar refractivity (Wildman–Crippen MR) is 114 cm³/mol. The first kappa shape index (κ1) is 18.9. The first-order chi connectivity index (χ1) is 13.4. The highest BCUT2D eigenvalue weighted by molar-refractivity contribution is 6.31. The molecule has 0 atom stereocenters. The SMILES string of the molecule is CC(C)N1CCC(n2cnc3ccc(-c4cnc(Cl)c(N)c4)cc3c2=O)CC1. The van der Waals surface area contributed by atoms with Gasteiger partial charge in [-0.3, -0.25) is 9.36 Å². The van der Waals surface area contributed by atoms with E-state index >= 15 is 0 Å². The molecule has 1 fully saturated rings. The van der Waals surface area contributed by atoms with E-state index < -0.39 is 0 Å². The highest BCUT2D eigenvalue weighted by atomic mass is 35.5. The van der Waals surface area contributed by atoms with E-state index in [1.807, 2.05) is 18.2 Å². The summed E-state index contributed by atoms with van der Waals surface area (Å²) in [5.74, 6) is 0. The number of nitrogen functional groups attached to an aromatic ring is 1. The first-order valence-corrected chi connectivity index (χ1v) is 9.98. The van der Waals surface area contributed by atoms with Gasteiger partial charge in [0.1, 0.15) is 0 Å². The molecule has 0 unspecified atom stereocenters. The average Bonchev–Trinajstić information content (AvgIpc) is 2.70. The smallest absolute Gasteiger partial charge is 0.261 e. The van der Waals surface area contributed by atoms with Gasteiger partial charge in [0, 0.05) is 36.9 Å². The summed E-state index contributed by atoms with van der Waals surface area (Å²) < 4.78 is 1.80. The quantitative estimate of drug-likeness (QED) is 0.681. The second-order valence-corrected chi connectivity index (χ2v) is 8.01. The van der Waals surface area contributed by atoms with Crippen molar-refractivity contribution in [2.24, 2.45) is 0 Å². The Morgan fingerprint density at radius 2 is 1.89 bits per heavy atom. The van der Waals surface area contributed by atoms with Gasteiger partial charge in [0.15, 0.2) is 5.15 Å². The highest BCUT2D eigenvalue weighted by Crippen LogP contribution is 2.27. The number of halogens is 1. The molecule has 0 bridgehead atoms. The van der Waals surface area contributed by atoms with Gasteiger partial charge >= 0.3 is 0 Å². The number of nitrogens with two attached hydrogens (primary N) is 1. The Morgan fingerprint density at radius 1 is 1.14 bits per heavy atom. The number of nitrogens with zero attached hydrogens (tertiary/aromatic N) is 4. The minimum atomic E-state index is 0.00439. The third kappa shape index (κ3) is 3.50. The lowest BCUT2D eigenvalue weighted by molar-refractivity contribution is 0.150. The molecule has 7 heteroatoms. The summed E-state index contributed by atoms with van der Waals surface area (Å²) in [5, 5.41) is 0.890. The topological polar surface area (TPSA) is 77.0 Å². The minimum Gasteiger partial charge on any atom is -0.396 e. The molecule has 1 aliphatic rings. The molecule has 0 amide bonds. The van der Waals surface area contributed by atoms with Crippen LogP contribution < -0.4 is 11.3 Å². The fraction of sp³-hybridized carbons (Fsp3) is 0.381. The molecule has 0 radical (unpaired) electrons. The Bertz CT molecular complexity index is 1070. The molecule has 2 N–H and O–H groups in total. The summed E-state index contributed by atoms with van der Waals surface area (Å²) in [4.78, 5) is 24.3. The van der Waals surface area contributed by atoms with Gasteiger partial charge in [-0.2, -0.15) is 0 Å². The van der Waals surface area contributed by atoms with E-state index in [-0.39, 0.29) is 16.8 Å². The van der Waals surface area contributed by atoms with Crippen LogP contribution in [0.5, 0.6) is 0 Å². The van der Waals surface area contributed by atoms with Crippen LogP contribution in [-0.2, 0) is 0 Å². The average molecular weight is 398 g/mol. The molecule has 3 heterocycles. The molecule has 0 aliphatic carbocycles. The van der Waals surface area contributed by atoms with Gasteiger partial charge in [0.25, 0.3) is 5.56 Å². The van der Waals surface area contributed by atoms with Gasteiger partial charge in [0.05, 0.1) is 22.9 Å². The van der Waals surface area contributed by atoms with Crippen LogP contribution in [0.15, 0.2) is 41.6 Å². The van der Waals surface area contributed by atoms with Crippen LogP contribution in [0.2, 0.25) is 5.15 Å². The molecular weight excluding hydrogens is 374 g/mol. The van der Waals surface area contributed by atoms with Crippen LogP contribution in [-0.4, -0.2) is 38.6 Å². The Morgan fingerprint density at radius 3 is 2.57 bits per heavy atom. The van der Waals surface area contributed by atoms with E-state index in [2.05, 4.69) is 28.7 Å². The van der Waals surface area contributed by atoms with E-state index in [9.17, 15) is 4.79 Å². The van der Waals surface area contributed by atoms with Crippen molar-refractivity contribution in [1.82, 2.24) is 19.4 Å². The second-order valence-electron chi connectivity index (χ2n) is 7.65. The first-order valence-electron chi connectivity index (χ1n) is 9.60. The van der Waals surface area contributed by atoms with Crippen LogP contribution in [0.3, 0.4) is 0 Å². The zero-order chi connectivity index (χ0) is 19.8. The molecule has 1 aliphatic heterocycles. The van der Waals surface area contributed by atoms with Crippen molar-refractivity contribution in [2.45, 2.75) is 38.8 Å². The Kier molecular flexibility index (Phi) is 5.08. The van der Waals surface area contributed by atoms with Crippen molar-refractivity contribution in [3.8, 4) is 11.1 Å². The van der Waals surface area contributed by atoms with E-state index in [1.54, 1.807) is 23.2 Å². The number of fused-ring (bicyclic) bond motifs is 1. The van der Waals surface area contributed by atoms with Crippen LogP contribution in [0.4, 0.5) is 5.69 Å². The number of hydrogen-bond donors (Lipinski definition) is 1. The maximum Gasteiger partial charge on any atom is 0.261 e. The van der Waals surface area contributed by atoms with Crippen LogP contribution >= 0.6 is 11.6 Å². The zero-order valence-corrected chi connectivity index (χ0v) is 16.9. The molecule has 6 nitrogen and oxygen atoms in total. The van der Waals surface area contributed by atoms with E-state index in [0.717, 1.165) is 37.1 Å². The Balaban J connectivity index is 1.70. The van der Waals surface area contributed by atoms with Gasteiger partial charge in [-0.25, -0.2) is 9.97 Å². The monoisotopic (exact) mass is 397 g/mol. The summed E-state index contributed by atoms with van der Waals surface area (Å²) in [6, 6.07) is 8.15. The number of likely N-dealkylation sites (tertiary alicyclic amines) is 1. The molecular formula is C21H24ClN5O. The van der Waals surface area contributed by atoms with Crippen molar-refractivity contribution in [2.75, 3.05) is 18.8 Å². The molecule has 0 saturated carbocycles. The summed E-state index contributed by atoms with van der Waals surface area (Å²) in [7, 11) is 0. The molecule has 1 aromatic carbocycles. The number of rotatable bonds is 3. The lowest BCUT2D eigenvalue weighted by Gasteiger charge is -2.35. The summed E-state index contributed by atoms with van der Waals surface area (Å²) >= 11 is 5.92. The maximum absolute atomic E-state index is 13.2. The van der Waals surface area contributed by atoms with Crippen LogP contribution in [0.25, 0.3) is 22.0 Å². The van der Waals surface area contributed by atoms with E-state index in [4.69, 9.17) is 17.3 Å². The standard InChI is InChI=1S/C21H24ClN5O/c1-13(2)26-7-5-16(6-8-26)27-12-25-19-4-3-14(9-17(19)21(27)28)15-10-18(23)20(22)24-11-15/h3-4,9-13,16H,5-8,23H2,1-2H3. The number of anilines is 1. The number of piperidine rings is 1. The summed E-state index contributed by atoms with van der Waals surface area (Å²) in [6.07, 6.45) is 5.28. The van der Waals surface area contributed by atoms with Gasteiger partial charge in [-0.05, 0) is 50.5 Å². The van der Waals surface area contributed by atoms with Crippen molar-refractivity contribution in [3.63, 3.8) is 0 Å². The molecule has 2 aromatic heterocycles. The normalized spacial score (nSPS) is 16.1. The van der Waals surface area contributed by atoms with Gasteiger partial charge < -0.3 is 10.6 Å². The molecule has 0 spiro atoms. The van der Waals surface area contributed by atoms with Gasteiger partial charge in [0.2, 0.25) is 0 Å². The lowest BCUT2D eigenvalue weighted by Crippen LogP contribution is -2.40. The maximum atomic E-state index is 13.2. The van der Waals surface area contributed by atoms with Crippen molar-refractivity contribution >= 4 is 28.2 Å². The van der Waals surface area contributed by atoms with Crippen molar-refractivity contribution < 1.29 is 0 Å².